The number of benzene rings is 2. The van der Waals surface area contributed by atoms with Crippen LogP contribution in [0.1, 0.15) is 15.9 Å². The Morgan fingerprint density at radius 1 is 1.05 bits per heavy atom. The number of rotatable bonds is 2. The van der Waals surface area contributed by atoms with Gasteiger partial charge in [-0.15, -0.1) is 0 Å². The fourth-order valence-corrected chi connectivity index (χ4v) is 2.04. The number of amides is 1. The van der Waals surface area contributed by atoms with E-state index in [2.05, 4.69) is 5.32 Å². The van der Waals surface area contributed by atoms with Crippen LogP contribution < -0.4 is 5.32 Å². The maximum absolute atomic E-state index is 12.6. The molecule has 0 saturated carbocycles. The third kappa shape index (κ3) is 3.68. The molecule has 0 unspecified atom stereocenters. The summed E-state index contributed by atoms with van der Waals surface area (Å²) in [4.78, 5) is 12.0. The van der Waals surface area contributed by atoms with Gasteiger partial charge in [0.05, 0.1) is 21.2 Å². The van der Waals surface area contributed by atoms with Crippen LogP contribution in [0.15, 0.2) is 42.5 Å². The van der Waals surface area contributed by atoms with Crippen molar-refractivity contribution in [3.8, 4) is 0 Å². The van der Waals surface area contributed by atoms with E-state index in [1.807, 2.05) is 0 Å². The van der Waals surface area contributed by atoms with E-state index in [1.165, 1.54) is 30.3 Å². The molecule has 110 valence electrons. The third-order valence-corrected chi connectivity index (χ3v) is 3.46. The van der Waals surface area contributed by atoms with Gasteiger partial charge >= 0.3 is 6.18 Å². The van der Waals surface area contributed by atoms with Crippen LogP contribution in [0.5, 0.6) is 0 Å². The number of carbonyl (C=O) groups is 1. The Labute approximate surface area is 128 Å². The molecule has 2 rings (SSSR count). The van der Waals surface area contributed by atoms with Crippen molar-refractivity contribution in [2.24, 2.45) is 0 Å². The van der Waals surface area contributed by atoms with Gasteiger partial charge in [0.15, 0.2) is 0 Å². The fraction of sp³-hybridized carbons (Fsp3) is 0.0714. The van der Waals surface area contributed by atoms with Crippen molar-refractivity contribution in [3.05, 3.63) is 63.6 Å². The number of hydrogen-bond acceptors (Lipinski definition) is 1. The molecular weight excluding hydrogens is 326 g/mol. The van der Waals surface area contributed by atoms with Crippen molar-refractivity contribution in [2.45, 2.75) is 6.18 Å². The van der Waals surface area contributed by atoms with Gasteiger partial charge in [-0.2, -0.15) is 13.2 Å². The minimum absolute atomic E-state index is 0.0193. The van der Waals surface area contributed by atoms with Crippen molar-refractivity contribution in [1.82, 2.24) is 0 Å². The molecule has 2 aromatic rings. The van der Waals surface area contributed by atoms with Crippen LogP contribution in [-0.2, 0) is 6.18 Å². The molecular formula is C14H8Cl2F3NO. The van der Waals surface area contributed by atoms with E-state index in [4.69, 9.17) is 23.2 Å². The van der Waals surface area contributed by atoms with Gasteiger partial charge in [-0.1, -0.05) is 35.3 Å². The van der Waals surface area contributed by atoms with Gasteiger partial charge in [0.1, 0.15) is 0 Å². The molecule has 1 N–H and O–H groups in total. The van der Waals surface area contributed by atoms with E-state index in [9.17, 15) is 18.0 Å². The lowest BCUT2D eigenvalue weighted by Crippen LogP contribution is -2.13. The number of hydrogen-bond donors (Lipinski definition) is 1. The topological polar surface area (TPSA) is 29.1 Å². The van der Waals surface area contributed by atoms with Crippen LogP contribution in [0.25, 0.3) is 0 Å². The van der Waals surface area contributed by atoms with Gasteiger partial charge in [0.25, 0.3) is 5.91 Å². The zero-order valence-corrected chi connectivity index (χ0v) is 11.9. The summed E-state index contributed by atoms with van der Waals surface area (Å²) in [5, 5.41) is 2.59. The summed E-state index contributed by atoms with van der Waals surface area (Å²) in [6, 6.07) is 8.78. The lowest BCUT2D eigenvalue weighted by molar-refractivity contribution is -0.137. The SMILES string of the molecule is O=C(Nc1cccc(C(F)(F)F)c1)c1cccc(Cl)c1Cl. The predicted molar refractivity (Wildman–Crippen MR) is 75.9 cm³/mol. The Morgan fingerprint density at radius 3 is 2.38 bits per heavy atom. The monoisotopic (exact) mass is 333 g/mol. The summed E-state index contributed by atoms with van der Waals surface area (Å²) in [6.45, 7) is 0. The average molecular weight is 334 g/mol. The summed E-state index contributed by atoms with van der Waals surface area (Å²) in [5.74, 6) is -0.637. The van der Waals surface area contributed by atoms with E-state index >= 15 is 0 Å². The molecule has 0 radical (unpaired) electrons. The number of nitrogens with one attached hydrogen (secondary N) is 1. The predicted octanol–water partition coefficient (Wildman–Crippen LogP) is 5.26. The van der Waals surface area contributed by atoms with Crippen molar-refractivity contribution in [2.75, 3.05) is 5.32 Å². The Balaban J connectivity index is 2.26. The maximum Gasteiger partial charge on any atom is 0.416 e. The first-order chi connectivity index (χ1) is 9.79. The first-order valence-corrected chi connectivity index (χ1v) is 6.47. The van der Waals surface area contributed by atoms with Gasteiger partial charge in [-0.05, 0) is 30.3 Å². The van der Waals surface area contributed by atoms with Gasteiger partial charge < -0.3 is 5.32 Å². The van der Waals surface area contributed by atoms with Gasteiger partial charge in [0.2, 0.25) is 0 Å². The third-order valence-electron chi connectivity index (χ3n) is 2.64. The van der Waals surface area contributed by atoms with E-state index in [-0.39, 0.29) is 21.3 Å². The zero-order valence-electron chi connectivity index (χ0n) is 10.3. The average Bonchev–Trinajstić information content (AvgIpc) is 2.41. The van der Waals surface area contributed by atoms with Crippen molar-refractivity contribution in [3.63, 3.8) is 0 Å². The highest BCUT2D eigenvalue weighted by Gasteiger charge is 2.30. The molecule has 0 fully saturated rings. The first-order valence-electron chi connectivity index (χ1n) is 5.71. The quantitative estimate of drug-likeness (QED) is 0.797. The smallest absolute Gasteiger partial charge is 0.322 e. The summed E-state index contributed by atoms with van der Waals surface area (Å²) in [7, 11) is 0. The van der Waals surface area contributed by atoms with Crippen LogP contribution >= 0.6 is 23.2 Å². The van der Waals surface area contributed by atoms with E-state index < -0.39 is 17.6 Å². The summed E-state index contributed by atoms with van der Waals surface area (Å²) < 4.78 is 37.8. The largest absolute Gasteiger partial charge is 0.416 e. The molecule has 21 heavy (non-hydrogen) atoms. The molecule has 7 heteroatoms. The first kappa shape index (κ1) is 15.7. The van der Waals surface area contributed by atoms with E-state index in [1.54, 1.807) is 0 Å². The van der Waals surface area contributed by atoms with Crippen molar-refractivity contribution in [1.29, 1.82) is 0 Å². The lowest BCUT2D eigenvalue weighted by atomic mass is 10.1. The standard InChI is InChI=1S/C14H8Cl2F3NO/c15-11-6-2-5-10(12(11)16)13(21)20-9-4-1-3-8(7-9)14(17,18)19/h1-7H,(H,20,21). The van der Waals surface area contributed by atoms with E-state index in [0.29, 0.717) is 0 Å². The molecule has 2 aromatic carbocycles. The van der Waals surface area contributed by atoms with Crippen LogP contribution in [0, 0.1) is 0 Å². The Kier molecular flexibility index (Phi) is 4.44. The van der Waals surface area contributed by atoms with Gasteiger partial charge in [-0.25, -0.2) is 0 Å². The lowest BCUT2D eigenvalue weighted by Gasteiger charge is -2.10. The van der Waals surface area contributed by atoms with Gasteiger partial charge in [0, 0.05) is 5.69 Å². The van der Waals surface area contributed by atoms with Crippen molar-refractivity contribution >= 4 is 34.8 Å². The van der Waals surface area contributed by atoms with Crippen LogP contribution in [0.2, 0.25) is 10.0 Å². The highest BCUT2D eigenvalue weighted by Crippen LogP contribution is 2.31. The number of halogens is 5. The van der Waals surface area contributed by atoms with Crippen LogP contribution in [0.3, 0.4) is 0 Å². The number of anilines is 1. The van der Waals surface area contributed by atoms with Crippen LogP contribution in [-0.4, -0.2) is 5.91 Å². The summed E-state index contributed by atoms with van der Waals surface area (Å²) >= 11 is 11.7. The summed E-state index contributed by atoms with van der Waals surface area (Å²) in [6.07, 6.45) is -4.48. The fourth-order valence-electron chi connectivity index (χ4n) is 1.65. The highest BCUT2D eigenvalue weighted by molar-refractivity contribution is 6.44. The maximum atomic E-state index is 12.6. The molecule has 0 bridgehead atoms. The molecule has 0 saturated heterocycles. The van der Waals surface area contributed by atoms with Crippen molar-refractivity contribution < 1.29 is 18.0 Å². The molecule has 1 amide bonds. The molecule has 0 aliphatic rings. The molecule has 0 atom stereocenters. The minimum Gasteiger partial charge on any atom is -0.322 e. The molecule has 0 spiro atoms. The second-order valence-corrected chi connectivity index (χ2v) is 4.92. The molecule has 0 aromatic heterocycles. The molecule has 0 heterocycles. The normalized spacial score (nSPS) is 11.3. The second-order valence-electron chi connectivity index (χ2n) is 4.13. The van der Waals surface area contributed by atoms with Crippen LogP contribution in [0.4, 0.5) is 18.9 Å². The Hall–Kier alpha value is -1.72. The zero-order chi connectivity index (χ0) is 15.6. The molecule has 2 nitrogen and oxygen atoms in total. The molecule has 0 aliphatic heterocycles. The second kappa shape index (κ2) is 5.95. The minimum atomic E-state index is -4.48. The van der Waals surface area contributed by atoms with E-state index in [0.717, 1.165) is 12.1 Å². The molecule has 0 aliphatic carbocycles. The number of alkyl halides is 3. The van der Waals surface area contributed by atoms with Gasteiger partial charge in [-0.3, -0.25) is 4.79 Å². The summed E-state index contributed by atoms with van der Waals surface area (Å²) in [5.41, 5.74) is -0.745. The Morgan fingerprint density at radius 2 is 1.71 bits per heavy atom. The Bertz CT molecular complexity index is 686. The highest BCUT2D eigenvalue weighted by atomic mass is 35.5. The number of carbonyl (C=O) groups excluding carboxylic acids is 1.